The molecule has 0 bridgehead atoms. The molecular weight excluding hydrogens is 208 g/mol. The van der Waals surface area contributed by atoms with Crippen LogP contribution in [0.5, 0.6) is 0 Å². The summed E-state index contributed by atoms with van der Waals surface area (Å²) in [5.74, 6) is 0.664. The first-order valence-electron chi connectivity index (χ1n) is 6.68. The molecule has 0 unspecified atom stereocenters. The van der Waals surface area contributed by atoms with E-state index in [1.165, 1.54) is 48.7 Å². The summed E-state index contributed by atoms with van der Waals surface area (Å²) in [7, 11) is 0. The van der Waals surface area contributed by atoms with Crippen molar-refractivity contribution in [3.8, 4) is 0 Å². The number of H-pyrrole nitrogens is 1. The van der Waals surface area contributed by atoms with Crippen LogP contribution in [0.2, 0.25) is 0 Å². The van der Waals surface area contributed by atoms with E-state index in [0.29, 0.717) is 5.92 Å². The molecule has 2 aromatic rings. The van der Waals surface area contributed by atoms with Crippen molar-refractivity contribution in [3.63, 3.8) is 0 Å². The first-order chi connectivity index (χ1) is 8.34. The zero-order valence-electron chi connectivity index (χ0n) is 10.2. The SMILES string of the molecule is N[C@H](c1cc2ccccc2[nH]1)C1CCCCC1. The molecule has 3 rings (SSSR count). The van der Waals surface area contributed by atoms with Gasteiger partial charge in [0.2, 0.25) is 0 Å². The third kappa shape index (κ3) is 2.09. The van der Waals surface area contributed by atoms with Gasteiger partial charge in [-0.15, -0.1) is 0 Å². The quantitative estimate of drug-likeness (QED) is 0.807. The Kier molecular flexibility index (Phi) is 2.89. The van der Waals surface area contributed by atoms with Crippen molar-refractivity contribution in [3.05, 3.63) is 36.0 Å². The number of aromatic nitrogens is 1. The number of nitrogens with one attached hydrogen (secondary N) is 1. The lowest BCUT2D eigenvalue weighted by Gasteiger charge is -2.26. The molecule has 2 nitrogen and oxygen atoms in total. The van der Waals surface area contributed by atoms with Gasteiger partial charge in [-0.05, 0) is 36.3 Å². The van der Waals surface area contributed by atoms with Crippen LogP contribution in [-0.2, 0) is 0 Å². The van der Waals surface area contributed by atoms with E-state index in [4.69, 9.17) is 5.73 Å². The maximum Gasteiger partial charge on any atom is 0.0476 e. The number of para-hydroxylation sites is 1. The lowest BCUT2D eigenvalue weighted by atomic mass is 9.83. The molecule has 1 fully saturated rings. The molecule has 0 radical (unpaired) electrons. The maximum absolute atomic E-state index is 6.40. The van der Waals surface area contributed by atoms with Crippen molar-refractivity contribution < 1.29 is 0 Å². The van der Waals surface area contributed by atoms with E-state index >= 15 is 0 Å². The molecule has 90 valence electrons. The van der Waals surface area contributed by atoms with Crippen LogP contribution in [0.1, 0.15) is 43.8 Å². The van der Waals surface area contributed by atoms with E-state index in [0.717, 1.165) is 0 Å². The molecular formula is C15H20N2. The summed E-state index contributed by atoms with van der Waals surface area (Å²) in [6.45, 7) is 0. The Morgan fingerprint density at radius 2 is 1.88 bits per heavy atom. The third-order valence-electron chi connectivity index (χ3n) is 4.07. The van der Waals surface area contributed by atoms with Gasteiger partial charge in [0.05, 0.1) is 0 Å². The Morgan fingerprint density at radius 1 is 1.12 bits per heavy atom. The molecule has 0 saturated heterocycles. The normalized spacial score (nSPS) is 19.6. The topological polar surface area (TPSA) is 41.8 Å². The highest BCUT2D eigenvalue weighted by molar-refractivity contribution is 5.80. The minimum absolute atomic E-state index is 0.183. The fraction of sp³-hybridized carbons (Fsp3) is 0.467. The van der Waals surface area contributed by atoms with Gasteiger partial charge in [0, 0.05) is 17.3 Å². The van der Waals surface area contributed by atoms with Crippen LogP contribution in [0.25, 0.3) is 10.9 Å². The van der Waals surface area contributed by atoms with E-state index < -0.39 is 0 Å². The molecule has 1 heterocycles. The zero-order valence-corrected chi connectivity index (χ0v) is 10.2. The van der Waals surface area contributed by atoms with Gasteiger partial charge in [-0.25, -0.2) is 0 Å². The smallest absolute Gasteiger partial charge is 0.0476 e. The summed E-state index contributed by atoms with van der Waals surface area (Å²) in [5.41, 5.74) is 8.81. The van der Waals surface area contributed by atoms with Crippen molar-refractivity contribution in [2.45, 2.75) is 38.1 Å². The summed E-state index contributed by atoms with van der Waals surface area (Å²) in [5, 5.41) is 1.27. The minimum atomic E-state index is 0.183. The highest BCUT2D eigenvalue weighted by Crippen LogP contribution is 2.33. The van der Waals surface area contributed by atoms with Crippen LogP contribution in [0, 0.1) is 5.92 Å². The van der Waals surface area contributed by atoms with E-state index in [2.05, 4.69) is 35.3 Å². The number of benzene rings is 1. The standard InChI is InChI=1S/C15H20N2/c16-15(11-6-2-1-3-7-11)14-10-12-8-4-5-9-13(12)17-14/h4-5,8-11,15,17H,1-3,6-7,16H2/t15-/m0/s1. The number of fused-ring (bicyclic) bond motifs is 1. The Balaban J connectivity index is 1.86. The number of rotatable bonds is 2. The second-order valence-corrected chi connectivity index (χ2v) is 5.24. The summed E-state index contributed by atoms with van der Waals surface area (Å²) >= 11 is 0. The first kappa shape index (κ1) is 10.8. The average molecular weight is 228 g/mol. The van der Waals surface area contributed by atoms with Gasteiger partial charge < -0.3 is 10.7 Å². The van der Waals surface area contributed by atoms with E-state index in [9.17, 15) is 0 Å². The van der Waals surface area contributed by atoms with Gasteiger partial charge in [0.15, 0.2) is 0 Å². The Hall–Kier alpha value is -1.28. The minimum Gasteiger partial charge on any atom is -0.357 e. The van der Waals surface area contributed by atoms with Crippen LogP contribution < -0.4 is 5.73 Å². The predicted molar refractivity (Wildman–Crippen MR) is 71.8 cm³/mol. The average Bonchev–Trinajstić information content (AvgIpc) is 2.82. The molecule has 17 heavy (non-hydrogen) atoms. The monoisotopic (exact) mass is 228 g/mol. The fourth-order valence-corrected chi connectivity index (χ4v) is 3.02. The number of hydrogen-bond donors (Lipinski definition) is 2. The highest BCUT2D eigenvalue weighted by Gasteiger charge is 2.22. The van der Waals surface area contributed by atoms with Gasteiger partial charge in [0.1, 0.15) is 0 Å². The molecule has 2 heteroatoms. The number of nitrogens with two attached hydrogens (primary N) is 1. The lowest BCUT2D eigenvalue weighted by Crippen LogP contribution is -2.23. The molecule has 0 spiro atoms. The summed E-state index contributed by atoms with van der Waals surface area (Å²) in [6.07, 6.45) is 6.65. The van der Waals surface area contributed by atoms with E-state index in [-0.39, 0.29) is 6.04 Å². The van der Waals surface area contributed by atoms with Crippen molar-refractivity contribution in [2.75, 3.05) is 0 Å². The molecule has 3 N–H and O–H groups in total. The molecule has 1 aromatic heterocycles. The number of aromatic amines is 1. The highest BCUT2D eigenvalue weighted by atomic mass is 14.8. The van der Waals surface area contributed by atoms with Gasteiger partial charge >= 0.3 is 0 Å². The number of hydrogen-bond acceptors (Lipinski definition) is 1. The molecule has 1 aliphatic rings. The van der Waals surface area contributed by atoms with Crippen LogP contribution in [-0.4, -0.2) is 4.98 Å². The second-order valence-electron chi connectivity index (χ2n) is 5.24. The zero-order chi connectivity index (χ0) is 11.7. The van der Waals surface area contributed by atoms with Gasteiger partial charge in [-0.3, -0.25) is 0 Å². The summed E-state index contributed by atoms with van der Waals surface area (Å²) < 4.78 is 0. The van der Waals surface area contributed by atoms with E-state index in [1.54, 1.807) is 0 Å². The van der Waals surface area contributed by atoms with Crippen LogP contribution in [0.3, 0.4) is 0 Å². The van der Waals surface area contributed by atoms with Crippen molar-refractivity contribution >= 4 is 10.9 Å². The Bertz CT molecular complexity index is 461. The van der Waals surface area contributed by atoms with Crippen molar-refractivity contribution in [1.29, 1.82) is 0 Å². The third-order valence-corrected chi connectivity index (χ3v) is 4.07. The fourth-order valence-electron chi connectivity index (χ4n) is 3.02. The summed E-state index contributed by atoms with van der Waals surface area (Å²) in [6, 6.07) is 10.8. The lowest BCUT2D eigenvalue weighted by molar-refractivity contribution is 0.305. The van der Waals surface area contributed by atoms with Gasteiger partial charge in [0.25, 0.3) is 0 Å². The van der Waals surface area contributed by atoms with Crippen molar-refractivity contribution in [2.24, 2.45) is 11.7 Å². The largest absolute Gasteiger partial charge is 0.357 e. The van der Waals surface area contributed by atoms with Gasteiger partial charge in [-0.2, -0.15) is 0 Å². The molecule has 1 saturated carbocycles. The molecule has 1 aliphatic carbocycles. The van der Waals surface area contributed by atoms with Crippen LogP contribution >= 0.6 is 0 Å². The Morgan fingerprint density at radius 3 is 2.65 bits per heavy atom. The molecule has 1 atom stereocenters. The maximum atomic E-state index is 6.40. The summed E-state index contributed by atoms with van der Waals surface area (Å²) in [4.78, 5) is 3.47. The molecule has 0 amide bonds. The second kappa shape index (κ2) is 4.53. The van der Waals surface area contributed by atoms with Gasteiger partial charge in [-0.1, -0.05) is 37.5 Å². The Labute approximate surface area is 102 Å². The van der Waals surface area contributed by atoms with Crippen LogP contribution in [0.4, 0.5) is 0 Å². The van der Waals surface area contributed by atoms with Crippen LogP contribution in [0.15, 0.2) is 30.3 Å². The predicted octanol–water partition coefficient (Wildman–Crippen LogP) is 3.75. The molecule has 0 aliphatic heterocycles. The van der Waals surface area contributed by atoms with E-state index in [1.807, 2.05) is 0 Å². The van der Waals surface area contributed by atoms with Crippen molar-refractivity contribution in [1.82, 2.24) is 4.98 Å². The molecule has 1 aromatic carbocycles. The first-order valence-corrected chi connectivity index (χ1v) is 6.68.